The smallest absolute Gasteiger partial charge is 0.243 e. The lowest BCUT2D eigenvalue weighted by Crippen LogP contribution is -2.57. The van der Waals surface area contributed by atoms with Gasteiger partial charge in [-0.1, -0.05) is 0 Å². The number of rotatable bonds is 4. The number of fused-ring (bicyclic) bond motifs is 1. The summed E-state index contributed by atoms with van der Waals surface area (Å²) in [6.45, 7) is 7.42. The minimum atomic E-state index is -0.0141. The predicted octanol–water partition coefficient (Wildman–Crippen LogP) is 0.307. The van der Waals surface area contributed by atoms with Crippen molar-refractivity contribution in [3.63, 3.8) is 0 Å². The molecule has 2 aromatic rings. The van der Waals surface area contributed by atoms with Gasteiger partial charge in [-0.3, -0.25) is 9.20 Å². The molecule has 1 unspecified atom stereocenters. The summed E-state index contributed by atoms with van der Waals surface area (Å²) in [5.74, 6) is 1.60. The average Bonchev–Trinajstić information content (AvgIpc) is 3.13. The number of aliphatic imine (C=N–C) groups is 1. The number of aromatic nitrogens is 4. The largest absolute Gasteiger partial charge is 0.357 e. The van der Waals surface area contributed by atoms with Crippen LogP contribution in [0, 0.1) is 0 Å². The maximum Gasteiger partial charge on any atom is 0.243 e. The Hall–Kier alpha value is -2.18. The molecule has 1 amide bonds. The highest BCUT2D eigenvalue weighted by Gasteiger charge is 2.28. The van der Waals surface area contributed by atoms with E-state index < -0.39 is 0 Å². The van der Waals surface area contributed by atoms with Crippen molar-refractivity contribution in [2.24, 2.45) is 4.99 Å². The van der Waals surface area contributed by atoms with E-state index in [4.69, 9.17) is 0 Å². The van der Waals surface area contributed by atoms with Crippen LogP contribution in [0.4, 0.5) is 5.82 Å². The Morgan fingerprint density at radius 1 is 1.39 bits per heavy atom. The second-order valence-corrected chi connectivity index (χ2v) is 6.76. The zero-order chi connectivity index (χ0) is 19.4. The van der Waals surface area contributed by atoms with E-state index in [-0.39, 0.29) is 42.5 Å². The molecular formula is C17H28IN9O. The summed E-state index contributed by atoms with van der Waals surface area (Å²) in [7, 11) is 3.48. The Morgan fingerprint density at radius 2 is 2.18 bits per heavy atom. The van der Waals surface area contributed by atoms with Crippen molar-refractivity contribution in [2.75, 3.05) is 51.7 Å². The molecule has 3 rings (SSSR count). The minimum Gasteiger partial charge on any atom is -0.357 e. The molecule has 0 aromatic carbocycles. The number of hydrogen-bond donors (Lipinski definition) is 1. The molecule has 0 bridgehead atoms. The van der Waals surface area contributed by atoms with E-state index in [9.17, 15) is 4.79 Å². The molecule has 0 spiro atoms. The van der Waals surface area contributed by atoms with Crippen molar-refractivity contribution in [2.45, 2.75) is 19.9 Å². The number of amides is 1. The second kappa shape index (κ2) is 9.85. The van der Waals surface area contributed by atoms with E-state index in [0.717, 1.165) is 43.6 Å². The number of anilines is 1. The number of carbonyl (C=O) groups excluding carboxylic acids is 1. The third kappa shape index (κ3) is 4.80. The Balaban J connectivity index is 0.00000280. The summed E-state index contributed by atoms with van der Waals surface area (Å²) in [4.78, 5) is 26.9. The molecule has 28 heavy (non-hydrogen) atoms. The van der Waals surface area contributed by atoms with Crippen molar-refractivity contribution >= 4 is 47.3 Å². The highest BCUT2D eigenvalue weighted by atomic mass is 127. The van der Waals surface area contributed by atoms with Crippen LogP contribution in [-0.2, 0) is 4.79 Å². The van der Waals surface area contributed by atoms with E-state index >= 15 is 0 Å². The molecule has 1 N–H and O–H groups in total. The molecule has 1 aliphatic heterocycles. The van der Waals surface area contributed by atoms with Gasteiger partial charge in [-0.2, -0.15) is 0 Å². The van der Waals surface area contributed by atoms with Crippen LogP contribution in [0.15, 0.2) is 23.7 Å². The van der Waals surface area contributed by atoms with Crippen LogP contribution in [0.25, 0.3) is 5.65 Å². The molecule has 3 heterocycles. The number of carbonyl (C=O) groups is 1. The number of nitrogens with zero attached hydrogens (tertiary/aromatic N) is 8. The Bertz CT molecular complexity index is 822. The molecule has 0 saturated carbocycles. The Labute approximate surface area is 182 Å². The van der Waals surface area contributed by atoms with Gasteiger partial charge >= 0.3 is 0 Å². The Kier molecular flexibility index (Phi) is 7.78. The summed E-state index contributed by atoms with van der Waals surface area (Å²) < 4.78 is 1.87. The first-order valence-corrected chi connectivity index (χ1v) is 9.15. The molecular weight excluding hydrogens is 473 g/mol. The average molecular weight is 501 g/mol. The molecule has 10 nitrogen and oxygen atoms in total. The van der Waals surface area contributed by atoms with Gasteiger partial charge in [0.25, 0.3) is 0 Å². The normalized spacial score (nSPS) is 17.4. The van der Waals surface area contributed by atoms with E-state index in [1.54, 1.807) is 31.5 Å². The summed E-state index contributed by atoms with van der Waals surface area (Å²) in [5.41, 5.74) is 0.759. The third-order valence-corrected chi connectivity index (χ3v) is 4.59. The fourth-order valence-corrected chi connectivity index (χ4v) is 3.12. The van der Waals surface area contributed by atoms with Crippen LogP contribution >= 0.6 is 24.0 Å². The third-order valence-electron chi connectivity index (χ3n) is 4.59. The maximum atomic E-state index is 11.9. The van der Waals surface area contributed by atoms with Crippen molar-refractivity contribution in [3.05, 3.63) is 18.7 Å². The molecule has 0 aliphatic carbocycles. The van der Waals surface area contributed by atoms with Gasteiger partial charge in [0.15, 0.2) is 11.8 Å². The van der Waals surface area contributed by atoms with Gasteiger partial charge in [-0.25, -0.2) is 9.98 Å². The van der Waals surface area contributed by atoms with Crippen LogP contribution in [0.1, 0.15) is 13.8 Å². The predicted molar refractivity (Wildman–Crippen MR) is 119 cm³/mol. The summed E-state index contributed by atoms with van der Waals surface area (Å²) in [5, 5.41) is 11.5. The van der Waals surface area contributed by atoms with E-state index in [1.165, 1.54) is 0 Å². The fraction of sp³-hybridized carbons (Fsp3) is 0.588. The number of piperazine rings is 1. The zero-order valence-corrected chi connectivity index (χ0v) is 19.1. The van der Waals surface area contributed by atoms with Crippen LogP contribution in [0.5, 0.6) is 0 Å². The van der Waals surface area contributed by atoms with Gasteiger partial charge in [0, 0.05) is 58.7 Å². The van der Waals surface area contributed by atoms with Crippen LogP contribution < -0.4 is 10.2 Å². The maximum absolute atomic E-state index is 11.9. The van der Waals surface area contributed by atoms with Gasteiger partial charge < -0.3 is 20.0 Å². The number of hydrogen-bond acceptors (Lipinski definition) is 6. The number of likely N-dealkylation sites (N-methyl/N-ethyl adjacent to an activating group) is 1. The molecule has 154 valence electrons. The second-order valence-electron chi connectivity index (χ2n) is 6.76. The van der Waals surface area contributed by atoms with Crippen LogP contribution in [0.2, 0.25) is 0 Å². The number of halogens is 1. The monoisotopic (exact) mass is 501 g/mol. The van der Waals surface area contributed by atoms with Gasteiger partial charge in [-0.05, 0) is 13.8 Å². The molecule has 1 fully saturated rings. The Morgan fingerprint density at radius 3 is 2.86 bits per heavy atom. The standard InChI is InChI=1S/C17H27N9O.HI/c1-5-18-17(20-10-14(27)23(3)4)24-8-9-26(13(2)11-24)15-16-22-21-12-25(16)7-6-19-15;/h6-7,12-13H,5,8-11H2,1-4H3,(H,18,20);1H. The highest BCUT2D eigenvalue weighted by Crippen LogP contribution is 2.21. The van der Waals surface area contributed by atoms with E-state index in [1.807, 2.05) is 17.5 Å². The van der Waals surface area contributed by atoms with Gasteiger partial charge in [0.1, 0.15) is 12.9 Å². The number of nitrogens with one attached hydrogen (secondary N) is 1. The SMILES string of the molecule is CCNC(=NCC(=O)N(C)C)N1CCN(c2nccn3cnnc23)C(C)C1.I. The molecule has 1 atom stereocenters. The lowest BCUT2D eigenvalue weighted by molar-refractivity contribution is -0.127. The fourth-order valence-electron chi connectivity index (χ4n) is 3.12. The topological polar surface area (TPSA) is 94.3 Å². The van der Waals surface area contributed by atoms with Crippen molar-refractivity contribution in [1.29, 1.82) is 0 Å². The zero-order valence-electron chi connectivity index (χ0n) is 16.7. The van der Waals surface area contributed by atoms with E-state index in [2.05, 4.69) is 42.2 Å². The van der Waals surface area contributed by atoms with Crippen molar-refractivity contribution in [3.8, 4) is 0 Å². The molecule has 1 aliphatic rings. The molecule has 0 radical (unpaired) electrons. The molecule has 11 heteroatoms. The lowest BCUT2D eigenvalue weighted by atomic mass is 10.2. The van der Waals surface area contributed by atoms with Crippen molar-refractivity contribution < 1.29 is 4.79 Å². The summed E-state index contributed by atoms with van der Waals surface area (Å²) >= 11 is 0. The number of guanidine groups is 1. The van der Waals surface area contributed by atoms with Gasteiger partial charge in [0.05, 0.1) is 0 Å². The molecule has 1 saturated heterocycles. The van der Waals surface area contributed by atoms with Crippen LogP contribution in [0.3, 0.4) is 0 Å². The highest BCUT2D eigenvalue weighted by molar-refractivity contribution is 14.0. The molecule has 2 aromatic heterocycles. The first kappa shape index (κ1) is 22.1. The minimum absolute atomic E-state index is 0. The first-order chi connectivity index (χ1) is 13.0. The van der Waals surface area contributed by atoms with Crippen molar-refractivity contribution in [1.82, 2.24) is 34.7 Å². The van der Waals surface area contributed by atoms with Crippen LogP contribution in [-0.4, -0.2) is 94.1 Å². The van der Waals surface area contributed by atoms with E-state index in [0.29, 0.717) is 0 Å². The summed E-state index contributed by atoms with van der Waals surface area (Å²) in [6, 6.07) is 0.211. The summed E-state index contributed by atoms with van der Waals surface area (Å²) in [6.07, 6.45) is 5.29. The van der Waals surface area contributed by atoms with Gasteiger partial charge in [-0.15, -0.1) is 34.2 Å². The first-order valence-electron chi connectivity index (χ1n) is 9.15. The quantitative estimate of drug-likeness (QED) is 0.366. The van der Waals surface area contributed by atoms with Gasteiger partial charge in [0.2, 0.25) is 11.6 Å². The lowest BCUT2D eigenvalue weighted by Gasteiger charge is -2.41.